The SMILES string of the molecule is CCOc1cccc(CNc2cnn(C(C)C)c2)c1OC. The largest absolute Gasteiger partial charge is 0.493 e. The van der Waals surface area contributed by atoms with Crippen LogP contribution in [0.5, 0.6) is 11.5 Å². The Labute approximate surface area is 125 Å². The van der Waals surface area contributed by atoms with Crippen LogP contribution in [0.25, 0.3) is 0 Å². The van der Waals surface area contributed by atoms with Crippen molar-refractivity contribution in [2.75, 3.05) is 19.0 Å². The summed E-state index contributed by atoms with van der Waals surface area (Å²) in [5.74, 6) is 1.56. The molecule has 0 atom stereocenters. The van der Waals surface area contributed by atoms with Gasteiger partial charge in [0.1, 0.15) is 0 Å². The van der Waals surface area contributed by atoms with Crippen LogP contribution in [0.15, 0.2) is 30.6 Å². The first-order valence-corrected chi connectivity index (χ1v) is 7.22. The van der Waals surface area contributed by atoms with Crippen molar-refractivity contribution >= 4 is 5.69 Å². The molecular formula is C16H23N3O2. The van der Waals surface area contributed by atoms with Crippen LogP contribution in [0.1, 0.15) is 32.4 Å². The van der Waals surface area contributed by atoms with Crippen LogP contribution in [-0.2, 0) is 6.54 Å². The highest BCUT2D eigenvalue weighted by atomic mass is 16.5. The van der Waals surface area contributed by atoms with Crippen molar-refractivity contribution < 1.29 is 9.47 Å². The van der Waals surface area contributed by atoms with Gasteiger partial charge in [0.15, 0.2) is 11.5 Å². The zero-order chi connectivity index (χ0) is 15.2. The Morgan fingerprint density at radius 1 is 1.33 bits per heavy atom. The van der Waals surface area contributed by atoms with Crippen molar-refractivity contribution in [3.63, 3.8) is 0 Å². The van der Waals surface area contributed by atoms with Crippen LogP contribution in [0.3, 0.4) is 0 Å². The average Bonchev–Trinajstić information content (AvgIpc) is 2.94. The highest BCUT2D eigenvalue weighted by Crippen LogP contribution is 2.31. The summed E-state index contributed by atoms with van der Waals surface area (Å²) in [6.07, 6.45) is 3.84. The first kappa shape index (κ1) is 15.2. The number of nitrogens with one attached hydrogen (secondary N) is 1. The Kier molecular flexibility index (Phi) is 5.09. The number of anilines is 1. The van der Waals surface area contributed by atoms with E-state index in [1.165, 1.54) is 0 Å². The number of methoxy groups -OCH3 is 1. The third kappa shape index (κ3) is 3.68. The molecule has 0 spiro atoms. The molecule has 1 heterocycles. The van der Waals surface area contributed by atoms with Crippen molar-refractivity contribution in [3.05, 3.63) is 36.2 Å². The van der Waals surface area contributed by atoms with E-state index in [2.05, 4.69) is 24.3 Å². The van der Waals surface area contributed by atoms with Gasteiger partial charge in [-0.15, -0.1) is 0 Å². The summed E-state index contributed by atoms with van der Waals surface area (Å²) < 4.78 is 13.0. The van der Waals surface area contributed by atoms with E-state index in [9.17, 15) is 0 Å². The van der Waals surface area contributed by atoms with Crippen molar-refractivity contribution in [1.29, 1.82) is 0 Å². The Morgan fingerprint density at radius 2 is 2.14 bits per heavy atom. The van der Waals surface area contributed by atoms with E-state index < -0.39 is 0 Å². The van der Waals surface area contributed by atoms with E-state index in [0.717, 1.165) is 22.7 Å². The summed E-state index contributed by atoms with van der Waals surface area (Å²) in [7, 11) is 1.66. The molecular weight excluding hydrogens is 266 g/mol. The van der Waals surface area contributed by atoms with Gasteiger partial charge in [0.2, 0.25) is 0 Å². The number of para-hydroxylation sites is 1. The minimum absolute atomic E-state index is 0.358. The third-order valence-corrected chi connectivity index (χ3v) is 3.18. The maximum atomic E-state index is 5.59. The van der Waals surface area contributed by atoms with Crippen LogP contribution in [0, 0.1) is 0 Å². The minimum Gasteiger partial charge on any atom is -0.493 e. The van der Waals surface area contributed by atoms with Gasteiger partial charge in [-0.1, -0.05) is 12.1 Å². The molecule has 5 nitrogen and oxygen atoms in total. The Bertz CT molecular complexity index is 579. The molecule has 0 fully saturated rings. The third-order valence-electron chi connectivity index (χ3n) is 3.18. The van der Waals surface area contributed by atoms with Gasteiger partial charge >= 0.3 is 0 Å². The summed E-state index contributed by atoms with van der Waals surface area (Å²) in [4.78, 5) is 0. The maximum absolute atomic E-state index is 5.59. The number of rotatable bonds is 7. The van der Waals surface area contributed by atoms with Crippen LogP contribution in [0.4, 0.5) is 5.69 Å². The highest BCUT2D eigenvalue weighted by molar-refractivity contribution is 5.49. The lowest BCUT2D eigenvalue weighted by Crippen LogP contribution is -2.04. The molecule has 0 aliphatic rings. The van der Waals surface area contributed by atoms with Gasteiger partial charge in [-0.25, -0.2) is 0 Å². The zero-order valence-electron chi connectivity index (χ0n) is 13.1. The molecule has 2 aromatic rings. The van der Waals surface area contributed by atoms with Crippen LogP contribution in [0.2, 0.25) is 0 Å². The summed E-state index contributed by atoms with van der Waals surface area (Å²) in [6, 6.07) is 6.28. The summed E-state index contributed by atoms with van der Waals surface area (Å²) >= 11 is 0. The maximum Gasteiger partial charge on any atom is 0.165 e. The quantitative estimate of drug-likeness (QED) is 0.847. The van der Waals surface area contributed by atoms with Crippen molar-refractivity contribution in [2.24, 2.45) is 0 Å². The predicted molar refractivity (Wildman–Crippen MR) is 84.1 cm³/mol. The first-order valence-electron chi connectivity index (χ1n) is 7.22. The van der Waals surface area contributed by atoms with E-state index in [-0.39, 0.29) is 0 Å². The molecule has 1 N–H and O–H groups in total. The second kappa shape index (κ2) is 7.02. The van der Waals surface area contributed by atoms with Crippen LogP contribution >= 0.6 is 0 Å². The smallest absolute Gasteiger partial charge is 0.165 e. The van der Waals surface area contributed by atoms with Gasteiger partial charge in [-0.2, -0.15) is 5.10 Å². The van der Waals surface area contributed by atoms with E-state index in [1.807, 2.05) is 42.2 Å². The number of nitrogens with zero attached hydrogens (tertiary/aromatic N) is 2. The monoisotopic (exact) mass is 289 g/mol. The fourth-order valence-corrected chi connectivity index (χ4v) is 2.11. The predicted octanol–water partition coefficient (Wildman–Crippen LogP) is 3.48. The summed E-state index contributed by atoms with van der Waals surface area (Å²) in [5.41, 5.74) is 2.05. The van der Waals surface area contributed by atoms with E-state index in [1.54, 1.807) is 7.11 Å². The standard InChI is InChI=1S/C16H23N3O2/c1-5-21-15-8-6-7-13(16(15)20-4)9-17-14-10-18-19(11-14)12(2)3/h6-8,10-12,17H,5,9H2,1-4H3. The Balaban J connectivity index is 2.10. The molecule has 0 aliphatic carbocycles. The summed E-state index contributed by atoms with van der Waals surface area (Å²) in [6.45, 7) is 7.45. The molecule has 1 aromatic carbocycles. The molecule has 0 aliphatic heterocycles. The second-order valence-electron chi connectivity index (χ2n) is 5.04. The van der Waals surface area contributed by atoms with Gasteiger partial charge in [0.25, 0.3) is 0 Å². The lowest BCUT2D eigenvalue weighted by molar-refractivity contribution is 0.309. The van der Waals surface area contributed by atoms with E-state index in [4.69, 9.17) is 9.47 Å². The van der Waals surface area contributed by atoms with Crippen molar-refractivity contribution in [2.45, 2.75) is 33.4 Å². The van der Waals surface area contributed by atoms with Gasteiger partial charge in [0.05, 0.1) is 25.6 Å². The van der Waals surface area contributed by atoms with Gasteiger partial charge in [0, 0.05) is 24.3 Å². The molecule has 21 heavy (non-hydrogen) atoms. The van der Waals surface area contributed by atoms with Gasteiger partial charge < -0.3 is 14.8 Å². The molecule has 2 rings (SSSR count). The van der Waals surface area contributed by atoms with Gasteiger partial charge in [-0.05, 0) is 26.8 Å². The normalized spacial score (nSPS) is 10.7. The van der Waals surface area contributed by atoms with Crippen LogP contribution < -0.4 is 14.8 Å². The zero-order valence-corrected chi connectivity index (χ0v) is 13.1. The van der Waals surface area contributed by atoms with Gasteiger partial charge in [-0.3, -0.25) is 4.68 Å². The first-order chi connectivity index (χ1) is 10.2. The molecule has 0 unspecified atom stereocenters. The second-order valence-corrected chi connectivity index (χ2v) is 5.04. The minimum atomic E-state index is 0.358. The van der Waals surface area contributed by atoms with Crippen LogP contribution in [-0.4, -0.2) is 23.5 Å². The average molecular weight is 289 g/mol. The lowest BCUT2D eigenvalue weighted by atomic mass is 10.2. The number of aromatic nitrogens is 2. The van der Waals surface area contributed by atoms with E-state index in [0.29, 0.717) is 19.2 Å². The summed E-state index contributed by atoms with van der Waals surface area (Å²) in [5, 5.41) is 7.68. The molecule has 0 radical (unpaired) electrons. The fraction of sp³-hybridized carbons (Fsp3) is 0.438. The Morgan fingerprint density at radius 3 is 2.76 bits per heavy atom. The highest BCUT2D eigenvalue weighted by Gasteiger charge is 2.10. The fourth-order valence-electron chi connectivity index (χ4n) is 2.11. The topological polar surface area (TPSA) is 48.3 Å². The van der Waals surface area contributed by atoms with Crippen molar-refractivity contribution in [3.8, 4) is 11.5 Å². The van der Waals surface area contributed by atoms with E-state index >= 15 is 0 Å². The molecule has 1 aromatic heterocycles. The molecule has 5 heteroatoms. The number of hydrogen-bond acceptors (Lipinski definition) is 4. The lowest BCUT2D eigenvalue weighted by Gasteiger charge is -2.14. The molecule has 0 amide bonds. The molecule has 0 bridgehead atoms. The molecule has 0 saturated heterocycles. The molecule has 114 valence electrons. The number of hydrogen-bond donors (Lipinski definition) is 1. The number of benzene rings is 1. The Hall–Kier alpha value is -2.17. The van der Waals surface area contributed by atoms with Crippen molar-refractivity contribution in [1.82, 2.24) is 9.78 Å². The molecule has 0 saturated carbocycles. The number of ether oxygens (including phenoxy) is 2.